The first kappa shape index (κ1) is 20.3. The summed E-state index contributed by atoms with van der Waals surface area (Å²) in [5.74, 6) is -1.95. The van der Waals surface area contributed by atoms with Crippen molar-refractivity contribution in [2.75, 3.05) is 19.5 Å². The average Bonchev–Trinajstić information content (AvgIpc) is 2.67. The van der Waals surface area contributed by atoms with Gasteiger partial charge in [-0.15, -0.1) is 0 Å². The SMILES string of the molecule is COC(=O)C(Cc1ccccc1)NC(=O)COC(=O)c1ccc(Cl)c(N)c1. The third kappa shape index (κ3) is 6.00. The van der Waals surface area contributed by atoms with Gasteiger partial charge in [0.25, 0.3) is 5.91 Å². The van der Waals surface area contributed by atoms with Crippen molar-refractivity contribution in [2.24, 2.45) is 0 Å². The number of benzene rings is 2. The molecule has 0 saturated carbocycles. The third-order valence-corrected chi connectivity index (χ3v) is 4.01. The maximum Gasteiger partial charge on any atom is 0.338 e. The van der Waals surface area contributed by atoms with Gasteiger partial charge in [0, 0.05) is 6.42 Å². The highest BCUT2D eigenvalue weighted by Crippen LogP contribution is 2.19. The molecule has 3 N–H and O–H groups in total. The average molecular weight is 391 g/mol. The number of anilines is 1. The second kappa shape index (κ2) is 9.59. The molecule has 1 atom stereocenters. The van der Waals surface area contributed by atoms with Crippen LogP contribution in [-0.2, 0) is 25.5 Å². The second-order valence-corrected chi connectivity index (χ2v) is 6.05. The smallest absolute Gasteiger partial charge is 0.338 e. The second-order valence-electron chi connectivity index (χ2n) is 5.65. The predicted octanol–water partition coefficient (Wildman–Crippen LogP) is 1.98. The fourth-order valence-electron chi connectivity index (χ4n) is 2.31. The summed E-state index contributed by atoms with van der Waals surface area (Å²) in [5.41, 5.74) is 6.87. The van der Waals surface area contributed by atoms with Crippen LogP contribution in [0.15, 0.2) is 48.5 Å². The van der Waals surface area contributed by atoms with Crippen molar-refractivity contribution in [2.45, 2.75) is 12.5 Å². The molecule has 8 heteroatoms. The Morgan fingerprint density at radius 1 is 1.15 bits per heavy atom. The van der Waals surface area contributed by atoms with Crippen molar-refractivity contribution in [3.63, 3.8) is 0 Å². The van der Waals surface area contributed by atoms with Crippen LogP contribution < -0.4 is 11.1 Å². The van der Waals surface area contributed by atoms with Crippen LogP contribution in [0.2, 0.25) is 5.02 Å². The van der Waals surface area contributed by atoms with Crippen LogP contribution in [0.5, 0.6) is 0 Å². The number of esters is 2. The molecule has 0 aliphatic rings. The molecule has 0 saturated heterocycles. The Hall–Kier alpha value is -3.06. The van der Waals surface area contributed by atoms with Crippen molar-refractivity contribution in [3.05, 3.63) is 64.7 Å². The molecule has 142 valence electrons. The predicted molar refractivity (Wildman–Crippen MR) is 100 cm³/mol. The zero-order valence-corrected chi connectivity index (χ0v) is 15.4. The Bertz CT molecular complexity index is 826. The molecule has 0 spiro atoms. The molecular formula is C19H19ClN2O5. The molecule has 0 aliphatic carbocycles. The van der Waals surface area contributed by atoms with Crippen LogP contribution in [0.3, 0.4) is 0 Å². The van der Waals surface area contributed by atoms with E-state index < -0.39 is 30.5 Å². The van der Waals surface area contributed by atoms with Crippen molar-refractivity contribution in [1.82, 2.24) is 5.32 Å². The molecule has 0 radical (unpaired) electrons. The topological polar surface area (TPSA) is 108 Å². The fourth-order valence-corrected chi connectivity index (χ4v) is 2.42. The van der Waals surface area contributed by atoms with E-state index in [0.717, 1.165) is 5.56 Å². The van der Waals surface area contributed by atoms with E-state index >= 15 is 0 Å². The third-order valence-electron chi connectivity index (χ3n) is 3.67. The Balaban J connectivity index is 1.93. The first-order valence-corrected chi connectivity index (χ1v) is 8.41. The van der Waals surface area contributed by atoms with Crippen LogP contribution in [0.4, 0.5) is 5.69 Å². The Morgan fingerprint density at radius 2 is 1.85 bits per heavy atom. The number of carbonyl (C=O) groups is 3. The van der Waals surface area contributed by atoms with Gasteiger partial charge in [-0.3, -0.25) is 4.79 Å². The van der Waals surface area contributed by atoms with E-state index in [0.29, 0.717) is 5.02 Å². The summed E-state index contributed by atoms with van der Waals surface area (Å²) in [6.07, 6.45) is 0.251. The molecule has 0 bridgehead atoms. The highest BCUT2D eigenvalue weighted by Gasteiger charge is 2.22. The van der Waals surface area contributed by atoms with Gasteiger partial charge >= 0.3 is 11.9 Å². The van der Waals surface area contributed by atoms with Gasteiger partial charge in [-0.05, 0) is 23.8 Å². The summed E-state index contributed by atoms with van der Waals surface area (Å²) in [7, 11) is 1.23. The number of amides is 1. The highest BCUT2D eigenvalue weighted by molar-refractivity contribution is 6.33. The Morgan fingerprint density at radius 3 is 2.48 bits per heavy atom. The van der Waals surface area contributed by atoms with Gasteiger partial charge in [0.1, 0.15) is 6.04 Å². The molecule has 1 unspecified atom stereocenters. The minimum Gasteiger partial charge on any atom is -0.467 e. The van der Waals surface area contributed by atoms with Gasteiger partial charge in [0.2, 0.25) is 0 Å². The normalized spacial score (nSPS) is 11.3. The van der Waals surface area contributed by atoms with E-state index in [2.05, 4.69) is 5.32 Å². The number of ether oxygens (including phenoxy) is 2. The molecule has 0 fully saturated rings. The van der Waals surface area contributed by atoms with Gasteiger partial charge in [-0.25, -0.2) is 9.59 Å². The van der Waals surface area contributed by atoms with Crippen molar-refractivity contribution >= 4 is 35.1 Å². The largest absolute Gasteiger partial charge is 0.467 e. The van der Waals surface area contributed by atoms with E-state index in [-0.39, 0.29) is 17.7 Å². The van der Waals surface area contributed by atoms with Gasteiger partial charge in [-0.1, -0.05) is 41.9 Å². The van der Waals surface area contributed by atoms with E-state index in [4.69, 9.17) is 26.8 Å². The molecule has 7 nitrogen and oxygen atoms in total. The summed E-state index contributed by atoms with van der Waals surface area (Å²) in [4.78, 5) is 36.0. The number of nitrogen functional groups attached to an aromatic ring is 1. The van der Waals surface area contributed by atoms with Crippen molar-refractivity contribution < 1.29 is 23.9 Å². The number of rotatable bonds is 7. The van der Waals surface area contributed by atoms with Crippen LogP contribution in [0.25, 0.3) is 0 Å². The lowest BCUT2D eigenvalue weighted by Crippen LogP contribution is -2.44. The number of hydrogen-bond donors (Lipinski definition) is 2. The van der Waals surface area contributed by atoms with Gasteiger partial charge in [0.15, 0.2) is 6.61 Å². The maximum atomic E-state index is 12.1. The van der Waals surface area contributed by atoms with Gasteiger partial charge in [0.05, 0.1) is 23.4 Å². The van der Waals surface area contributed by atoms with Crippen LogP contribution in [0, 0.1) is 0 Å². The maximum absolute atomic E-state index is 12.1. The quantitative estimate of drug-likeness (QED) is 0.553. The minimum absolute atomic E-state index is 0.165. The minimum atomic E-state index is -0.894. The Kier molecular flexibility index (Phi) is 7.19. The molecule has 27 heavy (non-hydrogen) atoms. The molecule has 1 amide bonds. The number of nitrogens with two attached hydrogens (primary N) is 1. The van der Waals surface area contributed by atoms with E-state index in [1.165, 1.54) is 25.3 Å². The van der Waals surface area contributed by atoms with Gasteiger partial charge < -0.3 is 20.5 Å². The van der Waals surface area contributed by atoms with Crippen LogP contribution >= 0.6 is 11.6 Å². The molecule has 2 aromatic rings. The first-order chi connectivity index (χ1) is 12.9. The zero-order chi connectivity index (χ0) is 19.8. The summed E-state index contributed by atoms with van der Waals surface area (Å²) in [6.45, 7) is -0.552. The van der Waals surface area contributed by atoms with Crippen LogP contribution in [-0.4, -0.2) is 37.6 Å². The Labute approximate surface area is 161 Å². The highest BCUT2D eigenvalue weighted by atomic mass is 35.5. The number of methoxy groups -OCH3 is 1. The molecule has 2 rings (SSSR count). The van der Waals surface area contributed by atoms with E-state index in [1.54, 1.807) is 0 Å². The number of carbonyl (C=O) groups excluding carboxylic acids is 3. The molecular weight excluding hydrogens is 372 g/mol. The summed E-state index contributed by atoms with van der Waals surface area (Å²) in [5, 5.41) is 2.82. The monoisotopic (exact) mass is 390 g/mol. The molecule has 0 aliphatic heterocycles. The number of hydrogen-bond acceptors (Lipinski definition) is 6. The standard InChI is InChI=1S/C19H19ClN2O5/c1-26-19(25)16(9-12-5-3-2-4-6-12)22-17(23)11-27-18(24)13-7-8-14(20)15(21)10-13/h2-8,10,16H,9,11,21H2,1H3,(H,22,23). The van der Waals surface area contributed by atoms with E-state index in [1.807, 2.05) is 30.3 Å². The van der Waals surface area contributed by atoms with E-state index in [9.17, 15) is 14.4 Å². The number of nitrogens with one attached hydrogen (secondary N) is 1. The molecule has 0 aromatic heterocycles. The summed E-state index contributed by atoms with van der Waals surface area (Å²) >= 11 is 5.79. The van der Waals surface area contributed by atoms with Gasteiger partial charge in [-0.2, -0.15) is 0 Å². The lowest BCUT2D eigenvalue weighted by atomic mass is 10.1. The first-order valence-electron chi connectivity index (χ1n) is 8.04. The molecule has 2 aromatic carbocycles. The number of halogens is 1. The van der Waals surface area contributed by atoms with Crippen molar-refractivity contribution in [3.8, 4) is 0 Å². The summed E-state index contributed by atoms with van der Waals surface area (Å²) < 4.78 is 9.66. The van der Waals surface area contributed by atoms with Crippen molar-refractivity contribution in [1.29, 1.82) is 0 Å². The molecule has 0 heterocycles. The summed E-state index contributed by atoms with van der Waals surface area (Å²) in [6, 6.07) is 12.5. The van der Waals surface area contributed by atoms with Crippen LogP contribution in [0.1, 0.15) is 15.9 Å². The zero-order valence-electron chi connectivity index (χ0n) is 14.6. The lowest BCUT2D eigenvalue weighted by molar-refractivity contribution is -0.145. The fraction of sp³-hybridized carbons (Fsp3) is 0.211. The lowest BCUT2D eigenvalue weighted by Gasteiger charge is -2.16.